The third kappa shape index (κ3) is 2.10. The molecule has 0 amide bonds. The van der Waals surface area contributed by atoms with Crippen LogP contribution in [0.25, 0.3) is 0 Å². The van der Waals surface area contributed by atoms with Gasteiger partial charge in [-0.05, 0) is 17.5 Å². The molecule has 1 unspecified atom stereocenters. The van der Waals surface area contributed by atoms with Crippen molar-refractivity contribution in [2.24, 2.45) is 5.73 Å². The van der Waals surface area contributed by atoms with Crippen LogP contribution in [0.4, 0.5) is 5.82 Å². The minimum Gasteiger partial charge on any atom is -0.347 e. The monoisotopic (exact) mass is 265 g/mol. The van der Waals surface area contributed by atoms with Crippen LogP contribution in [0.3, 0.4) is 0 Å². The summed E-state index contributed by atoms with van der Waals surface area (Å²) in [6.45, 7) is 1.39. The van der Waals surface area contributed by atoms with Crippen LogP contribution in [-0.4, -0.2) is 23.1 Å². The van der Waals surface area contributed by atoms with Gasteiger partial charge in [-0.2, -0.15) is 5.26 Å². The molecule has 5 heteroatoms. The van der Waals surface area contributed by atoms with Crippen LogP contribution in [0, 0.1) is 11.3 Å². The minimum atomic E-state index is 0.113. The Labute approximate surface area is 117 Å². The highest BCUT2D eigenvalue weighted by Gasteiger charge is 2.27. The molecule has 1 aliphatic rings. The Hall–Kier alpha value is -2.45. The molecule has 2 heterocycles. The van der Waals surface area contributed by atoms with E-state index < -0.39 is 0 Å². The van der Waals surface area contributed by atoms with Gasteiger partial charge in [-0.1, -0.05) is 24.3 Å². The number of nitriles is 1. The maximum Gasteiger partial charge on any atom is 0.158 e. The van der Waals surface area contributed by atoms with Crippen molar-refractivity contribution in [2.45, 2.75) is 12.5 Å². The molecular formula is C15H15N5. The highest BCUT2D eigenvalue weighted by molar-refractivity contribution is 5.47. The van der Waals surface area contributed by atoms with Crippen LogP contribution in [0.1, 0.15) is 22.9 Å². The average Bonchev–Trinajstić information content (AvgIpc) is 2.54. The van der Waals surface area contributed by atoms with Gasteiger partial charge in [0.05, 0.1) is 18.4 Å². The molecule has 0 fully saturated rings. The third-order valence-corrected chi connectivity index (χ3v) is 3.68. The molecule has 2 aromatic rings. The Balaban J connectivity index is 1.96. The van der Waals surface area contributed by atoms with E-state index in [2.05, 4.69) is 33.1 Å². The zero-order valence-corrected chi connectivity index (χ0v) is 11.0. The van der Waals surface area contributed by atoms with Crippen LogP contribution in [-0.2, 0) is 6.42 Å². The molecule has 0 aliphatic carbocycles. The van der Waals surface area contributed by atoms with Crippen molar-refractivity contribution in [3.8, 4) is 6.07 Å². The van der Waals surface area contributed by atoms with Crippen molar-refractivity contribution in [2.75, 3.05) is 18.0 Å². The number of hydrogen-bond acceptors (Lipinski definition) is 5. The summed E-state index contributed by atoms with van der Waals surface area (Å²) < 4.78 is 0. The van der Waals surface area contributed by atoms with E-state index in [9.17, 15) is 0 Å². The summed E-state index contributed by atoms with van der Waals surface area (Å²) in [5.74, 6) is 0.772. The standard InChI is InChI=1S/C15H15N5/c16-7-12-9-19-15(10-18-12)20-6-5-11-3-1-2-4-13(11)14(20)8-17/h1-4,9-10,14H,5-6,8,17H2. The molecule has 2 N–H and O–H groups in total. The second-order valence-corrected chi connectivity index (χ2v) is 4.77. The van der Waals surface area contributed by atoms with Crippen LogP contribution in [0.2, 0.25) is 0 Å². The van der Waals surface area contributed by atoms with E-state index in [-0.39, 0.29) is 6.04 Å². The number of anilines is 1. The molecule has 5 nitrogen and oxygen atoms in total. The third-order valence-electron chi connectivity index (χ3n) is 3.68. The van der Waals surface area contributed by atoms with E-state index in [4.69, 9.17) is 11.0 Å². The van der Waals surface area contributed by atoms with Gasteiger partial charge in [0.2, 0.25) is 0 Å². The normalized spacial score (nSPS) is 17.4. The fraction of sp³-hybridized carbons (Fsp3) is 0.267. The maximum absolute atomic E-state index is 8.78. The Bertz CT molecular complexity index is 644. The summed E-state index contributed by atoms with van der Waals surface area (Å²) in [6, 6.07) is 10.5. The van der Waals surface area contributed by atoms with Gasteiger partial charge in [-0.25, -0.2) is 9.97 Å². The SMILES string of the molecule is N#Cc1cnc(N2CCc3ccccc3C2CN)cn1. The molecule has 100 valence electrons. The summed E-state index contributed by atoms with van der Waals surface area (Å²) >= 11 is 0. The number of nitrogens with zero attached hydrogens (tertiary/aromatic N) is 4. The molecular weight excluding hydrogens is 250 g/mol. The van der Waals surface area contributed by atoms with Gasteiger partial charge in [0.15, 0.2) is 5.69 Å². The molecule has 0 saturated heterocycles. The summed E-state index contributed by atoms with van der Waals surface area (Å²) in [4.78, 5) is 10.6. The van der Waals surface area contributed by atoms with Crippen molar-refractivity contribution >= 4 is 5.82 Å². The first-order valence-corrected chi connectivity index (χ1v) is 6.60. The lowest BCUT2D eigenvalue weighted by Crippen LogP contribution is -2.39. The molecule has 0 radical (unpaired) electrons. The van der Waals surface area contributed by atoms with Gasteiger partial charge >= 0.3 is 0 Å². The van der Waals surface area contributed by atoms with E-state index in [1.54, 1.807) is 6.20 Å². The number of nitrogens with two attached hydrogens (primary N) is 1. The molecule has 1 atom stereocenters. The molecule has 1 aromatic carbocycles. The predicted octanol–water partition coefficient (Wildman–Crippen LogP) is 1.41. The van der Waals surface area contributed by atoms with E-state index in [1.165, 1.54) is 17.3 Å². The van der Waals surface area contributed by atoms with Crippen LogP contribution in [0.5, 0.6) is 0 Å². The molecule has 3 rings (SSSR count). The van der Waals surface area contributed by atoms with E-state index in [0.29, 0.717) is 12.2 Å². The quantitative estimate of drug-likeness (QED) is 0.888. The van der Waals surface area contributed by atoms with E-state index >= 15 is 0 Å². The number of rotatable bonds is 2. The van der Waals surface area contributed by atoms with Crippen LogP contribution in [0.15, 0.2) is 36.7 Å². The highest BCUT2D eigenvalue weighted by atomic mass is 15.2. The lowest BCUT2D eigenvalue weighted by molar-refractivity contribution is 0.583. The molecule has 0 spiro atoms. The summed E-state index contributed by atoms with van der Waals surface area (Å²) in [7, 11) is 0. The minimum absolute atomic E-state index is 0.113. The van der Waals surface area contributed by atoms with Crippen molar-refractivity contribution in [3.63, 3.8) is 0 Å². The topological polar surface area (TPSA) is 78.8 Å². The van der Waals surface area contributed by atoms with Gasteiger partial charge in [-0.15, -0.1) is 0 Å². The number of hydrogen-bond donors (Lipinski definition) is 1. The van der Waals surface area contributed by atoms with E-state index in [0.717, 1.165) is 18.8 Å². The Morgan fingerprint density at radius 2 is 2.15 bits per heavy atom. The Kier molecular flexibility index (Phi) is 3.32. The molecule has 20 heavy (non-hydrogen) atoms. The number of aromatic nitrogens is 2. The summed E-state index contributed by atoms with van der Waals surface area (Å²) in [6.07, 6.45) is 4.12. The molecule has 1 aliphatic heterocycles. The fourth-order valence-electron chi connectivity index (χ4n) is 2.71. The highest BCUT2D eigenvalue weighted by Crippen LogP contribution is 2.31. The largest absolute Gasteiger partial charge is 0.347 e. The smallest absolute Gasteiger partial charge is 0.158 e. The predicted molar refractivity (Wildman–Crippen MR) is 76.0 cm³/mol. The van der Waals surface area contributed by atoms with Gasteiger partial charge in [0.25, 0.3) is 0 Å². The Morgan fingerprint density at radius 3 is 2.85 bits per heavy atom. The first kappa shape index (κ1) is 12.6. The second-order valence-electron chi connectivity index (χ2n) is 4.77. The zero-order valence-electron chi connectivity index (χ0n) is 11.0. The first-order chi connectivity index (χ1) is 9.83. The summed E-state index contributed by atoms with van der Waals surface area (Å²) in [5.41, 5.74) is 8.89. The van der Waals surface area contributed by atoms with Crippen LogP contribution >= 0.6 is 0 Å². The molecule has 0 bridgehead atoms. The molecule has 0 saturated carbocycles. The zero-order chi connectivity index (χ0) is 13.9. The lowest BCUT2D eigenvalue weighted by Gasteiger charge is -2.37. The fourth-order valence-corrected chi connectivity index (χ4v) is 2.71. The van der Waals surface area contributed by atoms with Gasteiger partial charge in [-0.3, -0.25) is 0 Å². The number of fused-ring (bicyclic) bond motifs is 1. The van der Waals surface area contributed by atoms with Crippen LogP contribution < -0.4 is 10.6 Å². The lowest BCUT2D eigenvalue weighted by atomic mass is 9.92. The van der Waals surface area contributed by atoms with Crippen molar-refractivity contribution in [1.29, 1.82) is 5.26 Å². The number of benzene rings is 1. The summed E-state index contributed by atoms with van der Waals surface area (Å²) in [5, 5.41) is 8.78. The van der Waals surface area contributed by atoms with Gasteiger partial charge < -0.3 is 10.6 Å². The van der Waals surface area contributed by atoms with E-state index in [1.807, 2.05) is 12.1 Å². The van der Waals surface area contributed by atoms with Gasteiger partial charge in [0.1, 0.15) is 11.9 Å². The average molecular weight is 265 g/mol. The van der Waals surface area contributed by atoms with Crippen molar-refractivity contribution < 1.29 is 0 Å². The first-order valence-electron chi connectivity index (χ1n) is 6.60. The van der Waals surface area contributed by atoms with Gasteiger partial charge in [0, 0.05) is 13.1 Å². The Morgan fingerprint density at radius 1 is 1.30 bits per heavy atom. The van der Waals surface area contributed by atoms with Crippen molar-refractivity contribution in [3.05, 3.63) is 53.5 Å². The maximum atomic E-state index is 8.78. The van der Waals surface area contributed by atoms with Crippen molar-refractivity contribution in [1.82, 2.24) is 9.97 Å². The molecule has 1 aromatic heterocycles. The second kappa shape index (κ2) is 5.27.